The molecule has 3 fully saturated rings. The first kappa shape index (κ1) is 23.3. The molecule has 9 heteroatoms. The molecule has 178 valence electrons. The molecule has 0 aromatic heterocycles. The van der Waals surface area contributed by atoms with E-state index in [2.05, 4.69) is 11.0 Å². The number of carbonyl (C=O) groups excluding carboxylic acids is 1. The van der Waals surface area contributed by atoms with Crippen LogP contribution in [-0.4, -0.2) is 87.3 Å². The lowest BCUT2D eigenvalue weighted by Gasteiger charge is -2.40. The van der Waals surface area contributed by atoms with E-state index in [-0.39, 0.29) is 11.8 Å². The molecule has 1 unspecified atom stereocenters. The normalized spacial score (nSPS) is 24.2. The third-order valence-electron chi connectivity index (χ3n) is 6.96. The molecule has 8 nitrogen and oxygen atoms in total. The summed E-state index contributed by atoms with van der Waals surface area (Å²) in [5, 5.41) is 0. The fourth-order valence-corrected chi connectivity index (χ4v) is 6.81. The minimum atomic E-state index is -3.48. The molecule has 0 bridgehead atoms. The second-order valence-electron chi connectivity index (χ2n) is 9.03. The molecular formula is C23H36N4O4S. The van der Waals surface area contributed by atoms with Crippen LogP contribution < -0.4 is 9.64 Å². The van der Waals surface area contributed by atoms with Crippen LogP contribution in [0.3, 0.4) is 0 Å². The van der Waals surface area contributed by atoms with Crippen LogP contribution in [0, 0.1) is 5.92 Å². The number of hydrogen-bond acceptors (Lipinski definition) is 5. The molecule has 3 aliphatic rings. The number of benzene rings is 1. The summed E-state index contributed by atoms with van der Waals surface area (Å²) in [5.41, 5.74) is 1.10. The van der Waals surface area contributed by atoms with E-state index in [9.17, 15) is 13.2 Å². The van der Waals surface area contributed by atoms with Crippen LogP contribution in [0.4, 0.5) is 5.69 Å². The van der Waals surface area contributed by atoms with Crippen molar-refractivity contribution in [3.63, 3.8) is 0 Å². The van der Waals surface area contributed by atoms with E-state index in [4.69, 9.17) is 4.74 Å². The maximum Gasteiger partial charge on any atom is 0.281 e. The molecule has 0 saturated carbocycles. The highest BCUT2D eigenvalue weighted by Crippen LogP contribution is 2.26. The molecule has 0 aliphatic carbocycles. The van der Waals surface area contributed by atoms with E-state index < -0.39 is 10.2 Å². The number of carbonyl (C=O) groups is 1. The van der Waals surface area contributed by atoms with Gasteiger partial charge < -0.3 is 14.5 Å². The van der Waals surface area contributed by atoms with Crippen molar-refractivity contribution < 1.29 is 17.9 Å². The quantitative estimate of drug-likeness (QED) is 0.668. The number of ether oxygens (including phenoxy) is 1. The standard InChI is InChI=1S/C23H36N4O4S/c1-31-22-10-6-9-21(18-22)24-14-16-25(17-15-24)23(28)20-8-7-13-27(19-20)32(29,30)26-11-4-2-3-5-12-26/h6,9-10,18,20H,2-5,7-8,11-17,19H2,1H3. The van der Waals surface area contributed by atoms with Crippen molar-refractivity contribution in [1.29, 1.82) is 0 Å². The Morgan fingerprint density at radius 2 is 1.59 bits per heavy atom. The van der Waals surface area contributed by atoms with Gasteiger partial charge in [-0.3, -0.25) is 4.79 Å². The van der Waals surface area contributed by atoms with Gasteiger partial charge in [0.05, 0.1) is 13.0 Å². The van der Waals surface area contributed by atoms with Gasteiger partial charge >= 0.3 is 0 Å². The summed E-state index contributed by atoms with van der Waals surface area (Å²) >= 11 is 0. The van der Waals surface area contributed by atoms with E-state index in [0.717, 1.165) is 63.1 Å². The van der Waals surface area contributed by atoms with Crippen LogP contribution in [0.2, 0.25) is 0 Å². The summed E-state index contributed by atoms with van der Waals surface area (Å²) in [6.07, 6.45) is 5.54. The number of rotatable bonds is 5. The molecule has 0 radical (unpaired) electrons. The summed E-state index contributed by atoms with van der Waals surface area (Å²) in [7, 11) is -1.82. The molecule has 3 aliphatic heterocycles. The lowest BCUT2D eigenvalue weighted by atomic mass is 9.97. The molecule has 3 saturated heterocycles. The van der Waals surface area contributed by atoms with E-state index in [1.807, 2.05) is 23.1 Å². The summed E-state index contributed by atoms with van der Waals surface area (Å²) < 4.78 is 34.9. The van der Waals surface area contributed by atoms with Crippen molar-refractivity contribution in [3.8, 4) is 5.75 Å². The van der Waals surface area contributed by atoms with Crippen molar-refractivity contribution in [2.75, 3.05) is 64.4 Å². The van der Waals surface area contributed by atoms with Gasteiger partial charge in [-0.25, -0.2) is 0 Å². The van der Waals surface area contributed by atoms with Gasteiger partial charge in [-0.2, -0.15) is 17.0 Å². The average Bonchev–Trinajstić information content (AvgIpc) is 3.14. The third kappa shape index (κ3) is 5.21. The number of nitrogens with zero attached hydrogens (tertiary/aromatic N) is 4. The number of hydrogen-bond donors (Lipinski definition) is 0. The molecule has 0 N–H and O–H groups in total. The largest absolute Gasteiger partial charge is 0.497 e. The van der Waals surface area contributed by atoms with Crippen LogP contribution in [0.5, 0.6) is 5.75 Å². The first-order chi connectivity index (χ1) is 15.5. The maximum atomic E-state index is 13.3. The lowest BCUT2D eigenvalue weighted by Crippen LogP contribution is -2.54. The average molecular weight is 465 g/mol. The first-order valence-corrected chi connectivity index (χ1v) is 13.3. The van der Waals surface area contributed by atoms with E-state index in [0.29, 0.717) is 39.3 Å². The lowest BCUT2D eigenvalue weighted by molar-refractivity contribution is -0.137. The highest BCUT2D eigenvalue weighted by Gasteiger charge is 2.37. The maximum absolute atomic E-state index is 13.3. The minimum Gasteiger partial charge on any atom is -0.497 e. The Hall–Kier alpha value is -1.84. The van der Waals surface area contributed by atoms with Crippen LogP contribution in [0.15, 0.2) is 24.3 Å². The number of piperidine rings is 1. The van der Waals surface area contributed by atoms with Crippen LogP contribution >= 0.6 is 0 Å². The molecular weight excluding hydrogens is 428 g/mol. The molecule has 1 aromatic carbocycles. The van der Waals surface area contributed by atoms with Crippen molar-refractivity contribution in [2.45, 2.75) is 38.5 Å². The van der Waals surface area contributed by atoms with E-state index >= 15 is 0 Å². The van der Waals surface area contributed by atoms with Gasteiger partial charge in [0.15, 0.2) is 0 Å². The van der Waals surface area contributed by atoms with Gasteiger partial charge in [0.2, 0.25) is 5.91 Å². The second kappa shape index (κ2) is 10.4. The fourth-order valence-electron chi connectivity index (χ4n) is 5.04. The first-order valence-electron chi connectivity index (χ1n) is 11.9. The summed E-state index contributed by atoms with van der Waals surface area (Å²) in [6, 6.07) is 7.99. The van der Waals surface area contributed by atoms with Crippen LogP contribution in [0.1, 0.15) is 38.5 Å². The van der Waals surface area contributed by atoms with Gasteiger partial charge in [-0.1, -0.05) is 18.9 Å². The highest BCUT2D eigenvalue weighted by atomic mass is 32.2. The molecule has 32 heavy (non-hydrogen) atoms. The summed E-state index contributed by atoms with van der Waals surface area (Å²) in [6.45, 7) is 4.88. The third-order valence-corrected chi connectivity index (χ3v) is 8.96. The van der Waals surface area contributed by atoms with Gasteiger partial charge in [0.25, 0.3) is 10.2 Å². The van der Waals surface area contributed by atoms with Crippen molar-refractivity contribution >= 4 is 21.8 Å². The van der Waals surface area contributed by atoms with Crippen LogP contribution in [0.25, 0.3) is 0 Å². The number of amides is 1. The molecule has 0 spiro atoms. The minimum absolute atomic E-state index is 0.103. The predicted molar refractivity (Wildman–Crippen MR) is 125 cm³/mol. The summed E-state index contributed by atoms with van der Waals surface area (Å²) in [5.74, 6) is 0.689. The van der Waals surface area contributed by atoms with E-state index in [1.54, 1.807) is 15.7 Å². The van der Waals surface area contributed by atoms with Crippen LogP contribution in [-0.2, 0) is 15.0 Å². The van der Waals surface area contributed by atoms with Crippen molar-refractivity contribution in [2.24, 2.45) is 5.92 Å². The van der Waals surface area contributed by atoms with Crippen molar-refractivity contribution in [3.05, 3.63) is 24.3 Å². The Labute approximate surface area is 192 Å². The second-order valence-corrected chi connectivity index (χ2v) is 11.0. The Balaban J connectivity index is 1.34. The van der Waals surface area contributed by atoms with Crippen molar-refractivity contribution in [1.82, 2.24) is 13.5 Å². The zero-order valence-corrected chi connectivity index (χ0v) is 19.9. The van der Waals surface area contributed by atoms with E-state index in [1.165, 1.54) is 0 Å². The molecule has 4 rings (SSSR count). The Kier molecular flexibility index (Phi) is 7.58. The Bertz CT molecular complexity index is 878. The predicted octanol–water partition coefficient (Wildman–Crippen LogP) is 2.18. The van der Waals surface area contributed by atoms with Gasteiger partial charge in [0.1, 0.15) is 5.75 Å². The number of anilines is 1. The van der Waals surface area contributed by atoms with Gasteiger partial charge in [-0.15, -0.1) is 0 Å². The fraction of sp³-hybridized carbons (Fsp3) is 0.696. The van der Waals surface area contributed by atoms with Gasteiger partial charge in [-0.05, 0) is 37.8 Å². The smallest absolute Gasteiger partial charge is 0.281 e. The zero-order chi connectivity index (χ0) is 22.6. The number of piperazine rings is 1. The Morgan fingerprint density at radius 3 is 2.28 bits per heavy atom. The Morgan fingerprint density at radius 1 is 0.906 bits per heavy atom. The molecule has 1 amide bonds. The molecule has 3 heterocycles. The highest BCUT2D eigenvalue weighted by molar-refractivity contribution is 7.86. The molecule has 1 atom stereocenters. The zero-order valence-electron chi connectivity index (χ0n) is 19.1. The summed E-state index contributed by atoms with van der Waals surface area (Å²) in [4.78, 5) is 17.4. The van der Waals surface area contributed by atoms with Gasteiger partial charge in [0, 0.05) is 64.1 Å². The topological polar surface area (TPSA) is 73.4 Å². The monoisotopic (exact) mass is 464 g/mol. The SMILES string of the molecule is COc1cccc(N2CCN(C(=O)C3CCCN(S(=O)(=O)N4CCCCCC4)C3)CC2)c1. The molecule has 1 aromatic rings. The number of methoxy groups -OCH3 is 1.